The lowest BCUT2D eigenvalue weighted by Gasteiger charge is -2.29. The minimum Gasteiger partial charge on any atom is -0.475 e. The van der Waals surface area contributed by atoms with Gasteiger partial charge in [0.2, 0.25) is 5.88 Å². The topological polar surface area (TPSA) is 58.0 Å². The van der Waals surface area contributed by atoms with E-state index in [0.717, 1.165) is 12.1 Å². The van der Waals surface area contributed by atoms with Gasteiger partial charge in [0.25, 0.3) is 5.91 Å². The van der Waals surface area contributed by atoms with Crippen molar-refractivity contribution in [1.29, 1.82) is 0 Å². The highest BCUT2D eigenvalue weighted by atomic mass is 19.4. The van der Waals surface area contributed by atoms with Gasteiger partial charge < -0.3 is 9.64 Å². The Bertz CT molecular complexity index is 1060. The summed E-state index contributed by atoms with van der Waals surface area (Å²) in [5.41, 5.74) is -0.393. The van der Waals surface area contributed by atoms with E-state index in [4.69, 9.17) is 4.74 Å². The Morgan fingerprint density at radius 1 is 1.26 bits per heavy atom. The van der Waals surface area contributed by atoms with Crippen molar-refractivity contribution in [3.05, 3.63) is 53.5 Å². The summed E-state index contributed by atoms with van der Waals surface area (Å²) in [6, 6.07) is 5.32. The molecule has 6 nitrogen and oxygen atoms in total. The first-order chi connectivity index (χ1) is 16.1. The molecule has 0 fully saturated rings. The highest BCUT2D eigenvalue weighted by Gasteiger charge is 2.31. The standard InChI is InChI=1S/C24H26F4N4O2/c1-5-7-8-13-30-31(4)21-14-19(25)10-11-20(21)23(33)32(6-2)17(3)16-34-22-12-9-18(15-29-22)24(26,27)28/h9-15,17H,5-6,16H2,1-4H3/b30-13-. The number of hydrogen-bond donors (Lipinski definition) is 0. The van der Waals surface area contributed by atoms with Gasteiger partial charge in [-0.15, -0.1) is 0 Å². The van der Waals surface area contributed by atoms with E-state index in [2.05, 4.69) is 21.9 Å². The number of benzene rings is 1. The van der Waals surface area contributed by atoms with Crippen molar-refractivity contribution in [2.45, 2.75) is 39.4 Å². The predicted octanol–water partition coefficient (Wildman–Crippen LogP) is 5.00. The van der Waals surface area contributed by atoms with Gasteiger partial charge in [-0.2, -0.15) is 18.3 Å². The maximum Gasteiger partial charge on any atom is 0.417 e. The van der Waals surface area contributed by atoms with E-state index < -0.39 is 23.6 Å². The van der Waals surface area contributed by atoms with E-state index in [1.54, 1.807) is 20.9 Å². The van der Waals surface area contributed by atoms with Crippen LogP contribution in [-0.4, -0.2) is 48.2 Å². The SMILES string of the molecule is CCC#C/C=N\N(C)c1cc(F)ccc1C(=O)N(CC)C(C)COc1ccc(C(F)(F)F)cn1. The number of carbonyl (C=O) groups is 1. The lowest BCUT2D eigenvalue weighted by molar-refractivity contribution is -0.137. The first-order valence-electron chi connectivity index (χ1n) is 10.6. The Kier molecular flexibility index (Phi) is 9.42. The van der Waals surface area contributed by atoms with Crippen molar-refractivity contribution in [3.8, 4) is 17.7 Å². The predicted molar refractivity (Wildman–Crippen MR) is 122 cm³/mol. The molecule has 0 bridgehead atoms. The van der Waals surface area contributed by atoms with E-state index >= 15 is 0 Å². The Morgan fingerprint density at radius 3 is 2.59 bits per heavy atom. The number of anilines is 1. The summed E-state index contributed by atoms with van der Waals surface area (Å²) in [5.74, 6) is 4.67. The molecule has 10 heteroatoms. The molecule has 1 unspecified atom stereocenters. The number of pyridine rings is 1. The van der Waals surface area contributed by atoms with Gasteiger partial charge in [-0.25, -0.2) is 9.37 Å². The molecule has 1 aromatic carbocycles. The number of ether oxygens (including phenoxy) is 1. The Hall–Kier alpha value is -3.61. The number of aromatic nitrogens is 1. The van der Waals surface area contributed by atoms with Crippen molar-refractivity contribution >= 4 is 17.8 Å². The number of alkyl halides is 3. The average Bonchev–Trinajstić information content (AvgIpc) is 2.80. The smallest absolute Gasteiger partial charge is 0.417 e. The molecule has 182 valence electrons. The zero-order valence-electron chi connectivity index (χ0n) is 19.4. The molecule has 0 N–H and O–H groups in total. The van der Waals surface area contributed by atoms with E-state index in [1.807, 2.05) is 6.92 Å². The van der Waals surface area contributed by atoms with Gasteiger partial charge in [0.05, 0.1) is 29.1 Å². The molecule has 0 aliphatic carbocycles. The molecular weight excluding hydrogens is 452 g/mol. The van der Waals surface area contributed by atoms with Gasteiger partial charge in [-0.05, 0) is 38.1 Å². The van der Waals surface area contributed by atoms with Crippen LogP contribution in [0.25, 0.3) is 0 Å². The summed E-state index contributed by atoms with van der Waals surface area (Å²) in [6.45, 7) is 5.71. The summed E-state index contributed by atoms with van der Waals surface area (Å²) in [6.07, 6.45) is -1.77. The van der Waals surface area contributed by atoms with Crippen LogP contribution in [-0.2, 0) is 6.18 Å². The second-order valence-corrected chi connectivity index (χ2v) is 7.24. The molecule has 0 aliphatic heterocycles. The highest BCUT2D eigenvalue weighted by molar-refractivity contribution is 6.00. The van der Waals surface area contributed by atoms with E-state index in [0.29, 0.717) is 19.2 Å². The number of carbonyl (C=O) groups excluding carboxylic acids is 1. The lowest BCUT2D eigenvalue weighted by Crippen LogP contribution is -2.42. The van der Waals surface area contributed by atoms with Gasteiger partial charge in [0.15, 0.2) is 0 Å². The summed E-state index contributed by atoms with van der Waals surface area (Å²) in [7, 11) is 1.58. The van der Waals surface area contributed by atoms with Gasteiger partial charge in [-0.1, -0.05) is 18.8 Å². The van der Waals surface area contributed by atoms with Crippen molar-refractivity contribution in [3.63, 3.8) is 0 Å². The van der Waals surface area contributed by atoms with Crippen LogP contribution in [0, 0.1) is 17.7 Å². The molecule has 0 radical (unpaired) electrons. The Morgan fingerprint density at radius 2 is 2.00 bits per heavy atom. The van der Waals surface area contributed by atoms with Crippen LogP contribution in [0.1, 0.15) is 43.1 Å². The molecular formula is C24H26F4N4O2. The van der Waals surface area contributed by atoms with Crippen LogP contribution in [0.5, 0.6) is 5.88 Å². The second kappa shape index (κ2) is 12.0. The van der Waals surface area contributed by atoms with Gasteiger partial charge in [0, 0.05) is 32.3 Å². The number of rotatable bonds is 8. The van der Waals surface area contributed by atoms with Crippen molar-refractivity contribution in [2.75, 3.05) is 25.2 Å². The molecule has 0 saturated carbocycles. The third-order valence-electron chi connectivity index (χ3n) is 4.78. The number of hydrazone groups is 1. The zero-order chi connectivity index (χ0) is 25.3. The normalized spacial score (nSPS) is 12.1. The number of halogens is 4. The van der Waals surface area contributed by atoms with Crippen molar-refractivity contribution in [2.24, 2.45) is 5.10 Å². The van der Waals surface area contributed by atoms with Gasteiger partial charge in [0.1, 0.15) is 12.4 Å². The quantitative estimate of drug-likeness (QED) is 0.232. The van der Waals surface area contributed by atoms with Crippen molar-refractivity contribution in [1.82, 2.24) is 9.88 Å². The summed E-state index contributed by atoms with van der Waals surface area (Å²) in [4.78, 5) is 18.5. The second-order valence-electron chi connectivity index (χ2n) is 7.24. The van der Waals surface area contributed by atoms with Crippen LogP contribution in [0.2, 0.25) is 0 Å². The average molecular weight is 478 g/mol. The molecule has 1 atom stereocenters. The molecule has 0 aliphatic rings. The third-order valence-corrected chi connectivity index (χ3v) is 4.78. The molecule has 0 spiro atoms. The summed E-state index contributed by atoms with van der Waals surface area (Å²) < 4.78 is 57.5. The van der Waals surface area contributed by atoms with E-state index in [9.17, 15) is 22.4 Å². The maximum atomic E-state index is 13.9. The summed E-state index contributed by atoms with van der Waals surface area (Å²) >= 11 is 0. The first kappa shape index (κ1) is 26.6. The minimum atomic E-state index is -4.49. The lowest BCUT2D eigenvalue weighted by atomic mass is 10.1. The number of amides is 1. The third kappa shape index (κ3) is 7.20. The first-order valence-corrected chi connectivity index (χ1v) is 10.6. The summed E-state index contributed by atoms with van der Waals surface area (Å²) in [5, 5.41) is 5.49. The van der Waals surface area contributed by atoms with E-state index in [1.165, 1.54) is 34.3 Å². The monoisotopic (exact) mass is 478 g/mol. The largest absolute Gasteiger partial charge is 0.475 e. The fraction of sp³-hybridized carbons (Fsp3) is 0.375. The minimum absolute atomic E-state index is 0.00489. The van der Waals surface area contributed by atoms with Crippen LogP contribution < -0.4 is 9.75 Å². The molecule has 1 heterocycles. The number of nitrogens with zero attached hydrogens (tertiary/aromatic N) is 4. The van der Waals surface area contributed by atoms with Crippen LogP contribution in [0.4, 0.5) is 23.2 Å². The fourth-order valence-corrected chi connectivity index (χ4v) is 3.02. The molecule has 0 saturated heterocycles. The van der Waals surface area contributed by atoms with Crippen molar-refractivity contribution < 1.29 is 27.1 Å². The molecule has 2 aromatic rings. The maximum absolute atomic E-state index is 13.9. The molecule has 34 heavy (non-hydrogen) atoms. The van der Waals surface area contributed by atoms with Gasteiger partial charge in [-0.3, -0.25) is 9.80 Å². The molecule has 1 aromatic heterocycles. The van der Waals surface area contributed by atoms with Gasteiger partial charge >= 0.3 is 6.18 Å². The van der Waals surface area contributed by atoms with Crippen LogP contribution in [0.15, 0.2) is 41.6 Å². The highest BCUT2D eigenvalue weighted by Crippen LogP contribution is 2.29. The van der Waals surface area contributed by atoms with Crippen LogP contribution >= 0.6 is 0 Å². The van der Waals surface area contributed by atoms with Crippen LogP contribution in [0.3, 0.4) is 0 Å². The number of hydrogen-bond acceptors (Lipinski definition) is 5. The Labute approximate surface area is 196 Å². The molecule has 2 rings (SSSR count). The molecule has 1 amide bonds. The number of likely N-dealkylation sites (N-methyl/N-ethyl adjacent to an activating group) is 1. The zero-order valence-corrected chi connectivity index (χ0v) is 19.4. The fourth-order valence-electron chi connectivity index (χ4n) is 3.02. The Balaban J connectivity index is 2.17. The van der Waals surface area contributed by atoms with E-state index in [-0.39, 0.29) is 29.6 Å².